The summed E-state index contributed by atoms with van der Waals surface area (Å²) in [6.45, 7) is 1.92. The molecule has 21 heavy (non-hydrogen) atoms. The Bertz CT molecular complexity index is 638. The summed E-state index contributed by atoms with van der Waals surface area (Å²) >= 11 is 0. The standard InChI is InChI=1S/C17H21NO2S/c1-3-18(16-9-7-5-4-6-8-10-16)21(19,20)17-13-11-15(2)12-14-17/h1,7,9,11-14,16H,4-6,8,10H2,2H3/b9-7-. The second-order valence-electron chi connectivity index (χ2n) is 5.38. The predicted molar refractivity (Wildman–Crippen MR) is 85.0 cm³/mol. The lowest BCUT2D eigenvalue weighted by Gasteiger charge is -2.26. The van der Waals surface area contributed by atoms with Gasteiger partial charge in [-0.25, -0.2) is 12.7 Å². The van der Waals surface area contributed by atoms with E-state index in [1.807, 2.05) is 19.1 Å². The first-order valence-electron chi connectivity index (χ1n) is 7.30. The van der Waals surface area contributed by atoms with Crippen LogP contribution in [0.25, 0.3) is 0 Å². The Morgan fingerprint density at radius 3 is 2.57 bits per heavy atom. The average Bonchev–Trinajstić information content (AvgIpc) is 2.42. The minimum atomic E-state index is -3.65. The molecule has 1 aliphatic carbocycles. The molecule has 1 aromatic carbocycles. The summed E-state index contributed by atoms with van der Waals surface area (Å²) in [5.41, 5.74) is 1.02. The zero-order chi connectivity index (χ0) is 15.3. The monoisotopic (exact) mass is 303 g/mol. The largest absolute Gasteiger partial charge is 0.271 e. The lowest BCUT2D eigenvalue weighted by molar-refractivity contribution is 0.425. The van der Waals surface area contributed by atoms with Crippen LogP contribution in [0.5, 0.6) is 0 Å². The van der Waals surface area contributed by atoms with Gasteiger partial charge in [0.2, 0.25) is 0 Å². The molecule has 1 atom stereocenters. The van der Waals surface area contributed by atoms with Gasteiger partial charge in [0.1, 0.15) is 0 Å². The highest BCUT2D eigenvalue weighted by molar-refractivity contribution is 7.89. The smallest absolute Gasteiger partial charge is 0.218 e. The minimum absolute atomic E-state index is 0.249. The zero-order valence-corrected chi connectivity index (χ0v) is 13.1. The zero-order valence-electron chi connectivity index (χ0n) is 12.3. The maximum Gasteiger partial charge on any atom is 0.271 e. The Morgan fingerprint density at radius 1 is 1.19 bits per heavy atom. The van der Waals surface area contributed by atoms with Crippen molar-refractivity contribution in [3.8, 4) is 12.5 Å². The summed E-state index contributed by atoms with van der Waals surface area (Å²) in [7, 11) is -3.65. The van der Waals surface area contributed by atoms with Crippen LogP contribution in [0.3, 0.4) is 0 Å². The number of nitrogens with zero attached hydrogens (tertiary/aromatic N) is 1. The topological polar surface area (TPSA) is 37.4 Å². The van der Waals surface area contributed by atoms with Gasteiger partial charge in [0.05, 0.1) is 10.9 Å². The fourth-order valence-corrected chi connectivity index (χ4v) is 3.88. The molecular formula is C17H21NO2S. The quantitative estimate of drug-likeness (QED) is 0.487. The van der Waals surface area contributed by atoms with E-state index in [-0.39, 0.29) is 10.9 Å². The molecule has 0 radical (unpaired) electrons. The molecule has 3 nitrogen and oxygen atoms in total. The number of hydrogen-bond donors (Lipinski definition) is 0. The molecule has 0 fully saturated rings. The van der Waals surface area contributed by atoms with Crippen molar-refractivity contribution in [3.63, 3.8) is 0 Å². The summed E-state index contributed by atoms with van der Waals surface area (Å²) in [5, 5.41) is 0. The molecule has 2 rings (SSSR count). The lowest BCUT2D eigenvalue weighted by atomic mass is 10.0. The molecule has 0 bridgehead atoms. The highest BCUT2D eigenvalue weighted by Crippen LogP contribution is 2.23. The van der Waals surface area contributed by atoms with E-state index in [1.54, 1.807) is 24.3 Å². The summed E-state index contributed by atoms with van der Waals surface area (Å²) in [6.07, 6.45) is 14.5. The van der Waals surface area contributed by atoms with Gasteiger partial charge in [0.15, 0.2) is 0 Å². The second kappa shape index (κ2) is 6.82. The maximum atomic E-state index is 12.7. The van der Waals surface area contributed by atoms with Gasteiger partial charge in [0.25, 0.3) is 10.0 Å². The van der Waals surface area contributed by atoms with Crippen molar-refractivity contribution < 1.29 is 8.42 Å². The number of sulfonamides is 1. The van der Waals surface area contributed by atoms with Gasteiger partial charge in [-0.3, -0.25) is 0 Å². The van der Waals surface area contributed by atoms with Crippen LogP contribution in [0.1, 0.15) is 37.7 Å². The van der Waals surface area contributed by atoms with Crippen molar-refractivity contribution in [1.29, 1.82) is 0 Å². The van der Waals surface area contributed by atoms with E-state index in [0.29, 0.717) is 0 Å². The minimum Gasteiger partial charge on any atom is -0.218 e. The van der Waals surface area contributed by atoms with Gasteiger partial charge >= 0.3 is 0 Å². The van der Waals surface area contributed by atoms with Gasteiger partial charge < -0.3 is 0 Å². The van der Waals surface area contributed by atoms with E-state index >= 15 is 0 Å². The summed E-state index contributed by atoms with van der Waals surface area (Å²) in [5.74, 6) is 0. The SMILES string of the molecule is C#CN(C1/C=C\CCCCC1)S(=O)(=O)c1ccc(C)cc1. The Balaban J connectivity index is 2.32. The van der Waals surface area contributed by atoms with Crippen LogP contribution in [0.15, 0.2) is 41.3 Å². The molecule has 1 aliphatic rings. The third kappa shape index (κ3) is 3.68. The van der Waals surface area contributed by atoms with Crippen LogP contribution in [-0.2, 0) is 10.0 Å². The van der Waals surface area contributed by atoms with Crippen LogP contribution >= 0.6 is 0 Å². The Kier molecular flexibility index (Phi) is 5.08. The number of allylic oxidation sites excluding steroid dienone is 1. The Hall–Kier alpha value is -1.73. The molecule has 0 aliphatic heterocycles. The predicted octanol–water partition coefficient (Wildman–Crippen LogP) is 3.47. The van der Waals surface area contributed by atoms with Crippen molar-refractivity contribution >= 4 is 10.0 Å². The number of aryl methyl sites for hydroxylation is 1. The lowest BCUT2D eigenvalue weighted by Crippen LogP contribution is -2.35. The van der Waals surface area contributed by atoms with Crippen molar-refractivity contribution in [3.05, 3.63) is 42.0 Å². The van der Waals surface area contributed by atoms with Crippen molar-refractivity contribution in [1.82, 2.24) is 4.31 Å². The molecule has 112 valence electrons. The molecular weight excluding hydrogens is 282 g/mol. The number of benzene rings is 1. The van der Waals surface area contributed by atoms with Gasteiger partial charge in [-0.2, -0.15) is 0 Å². The molecule has 1 aromatic rings. The van der Waals surface area contributed by atoms with Crippen molar-refractivity contribution in [2.75, 3.05) is 0 Å². The van der Waals surface area contributed by atoms with Crippen LogP contribution in [0.4, 0.5) is 0 Å². The van der Waals surface area contributed by atoms with Gasteiger partial charge in [-0.15, -0.1) is 0 Å². The summed E-state index contributed by atoms with van der Waals surface area (Å²) in [4.78, 5) is 0.251. The van der Waals surface area contributed by atoms with Crippen molar-refractivity contribution in [2.45, 2.75) is 50.0 Å². The molecule has 0 saturated carbocycles. The number of hydrogen-bond acceptors (Lipinski definition) is 2. The van der Waals surface area contributed by atoms with E-state index in [9.17, 15) is 8.42 Å². The van der Waals surface area contributed by atoms with Gasteiger partial charge in [-0.05, 0) is 38.3 Å². The van der Waals surface area contributed by atoms with E-state index in [0.717, 1.165) is 37.7 Å². The first-order valence-corrected chi connectivity index (χ1v) is 8.74. The Morgan fingerprint density at radius 2 is 1.90 bits per heavy atom. The van der Waals surface area contributed by atoms with Crippen molar-refractivity contribution in [2.24, 2.45) is 0 Å². The molecule has 0 amide bonds. The van der Waals surface area contributed by atoms with E-state index < -0.39 is 10.0 Å². The third-order valence-electron chi connectivity index (χ3n) is 3.74. The first-order chi connectivity index (χ1) is 10.1. The van der Waals surface area contributed by atoms with Crippen LogP contribution in [0.2, 0.25) is 0 Å². The maximum absolute atomic E-state index is 12.7. The number of terminal acetylenes is 1. The van der Waals surface area contributed by atoms with Crippen LogP contribution in [0, 0.1) is 19.4 Å². The average molecular weight is 303 g/mol. The number of rotatable bonds is 3. The summed E-state index contributed by atoms with van der Waals surface area (Å²) < 4.78 is 26.6. The van der Waals surface area contributed by atoms with Gasteiger partial charge in [-0.1, -0.05) is 49.1 Å². The second-order valence-corrected chi connectivity index (χ2v) is 7.19. The molecule has 0 spiro atoms. The van der Waals surface area contributed by atoms with E-state index in [1.165, 1.54) is 4.31 Å². The fraction of sp³-hybridized carbons (Fsp3) is 0.412. The molecule has 0 N–H and O–H groups in total. The molecule has 4 heteroatoms. The van der Waals surface area contributed by atoms with Gasteiger partial charge in [0, 0.05) is 6.04 Å². The highest BCUT2D eigenvalue weighted by Gasteiger charge is 2.27. The molecule has 1 unspecified atom stereocenters. The molecule has 0 aromatic heterocycles. The normalized spacial score (nSPS) is 20.9. The summed E-state index contributed by atoms with van der Waals surface area (Å²) in [6, 6.07) is 8.92. The first kappa shape index (κ1) is 15.7. The fourth-order valence-electron chi connectivity index (χ4n) is 2.50. The highest BCUT2D eigenvalue weighted by atomic mass is 32.2. The van der Waals surface area contributed by atoms with Crippen LogP contribution < -0.4 is 0 Å². The third-order valence-corrected chi connectivity index (χ3v) is 5.50. The molecule has 0 heterocycles. The Labute approximate surface area is 127 Å². The van der Waals surface area contributed by atoms with E-state index in [2.05, 4.69) is 6.04 Å². The molecule has 0 saturated heterocycles. The van der Waals surface area contributed by atoms with Crippen LogP contribution in [-0.4, -0.2) is 18.8 Å². The van der Waals surface area contributed by atoms with E-state index in [4.69, 9.17) is 6.42 Å².